The maximum absolute atomic E-state index is 13.1. The standard InChI is InChI=1S/C7F14O2.FHO2S/c8-1(9)2(10)22-6(18,19)3(11,4(12,13)14)23-7(20,21)5(15,16)17;1-4(2)3/h;4H. The number of thiol groups is 1. The topological polar surface area (TPSA) is 52.6 Å². The van der Waals surface area contributed by atoms with Crippen LogP contribution in [0.3, 0.4) is 0 Å². The Hall–Kier alpha value is -1.60. The Bertz CT molecular complexity index is 592. The Balaban J connectivity index is 0. The van der Waals surface area contributed by atoms with Gasteiger partial charge in [0.15, 0.2) is 0 Å². The Morgan fingerprint density at radius 2 is 1.00 bits per heavy atom. The minimum absolute atomic E-state index is 1.44. The summed E-state index contributed by atoms with van der Waals surface area (Å²) in [4.78, 5) is 0. The highest BCUT2D eigenvalue weighted by atomic mass is 32.2. The summed E-state index contributed by atoms with van der Waals surface area (Å²) in [6.45, 7) is 0. The van der Waals surface area contributed by atoms with Crippen molar-refractivity contribution in [2.24, 2.45) is 0 Å². The molecule has 0 bridgehead atoms. The first-order chi connectivity index (χ1) is 11.5. The average molecular weight is 466 g/mol. The molecule has 1 atom stereocenters. The lowest BCUT2D eigenvalue weighted by atomic mass is 10.2. The van der Waals surface area contributed by atoms with Crippen LogP contribution in [0.4, 0.5) is 65.4 Å². The normalized spacial score (nSPS) is 15.6. The molecule has 0 aromatic heterocycles. The van der Waals surface area contributed by atoms with Gasteiger partial charge in [0, 0.05) is 0 Å². The fourth-order valence-electron chi connectivity index (χ4n) is 0.734. The first kappa shape index (κ1) is 27.6. The molecule has 0 N–H and O–H groups in total. The molecule has 27 heavy (non-hydrogen) atoms. The Morgan fingerprint density at radius 3 is 1.22 bits per heavy atom. The van der Waals surface area contributed by atoms with Gasteiger partial charge in [0.1, 0.15) is 0 Å². The van der Waals surface area contributed by atoms with E-state index in [0.717, 1.165) is 0 Å². The summed E-state index contributed by atoms with van der Waals surface area (Å²) >= 11 is -3.62. The van der Waals surface area contributed by atoms with Gasteiger partial charge in [-0.25, -0.2) is 0 Å². The third-order valence-electron chi connectivity index (χ3n) is 1.70. The molecule has 0 aliphatic heterocycles. The van der Waals surface area contributed by atoms with Crippen molar-refractivity contribution in [2.75, 3.05) is 0 Å². The molecule has 1 unspecified atom stereocenters. The molecule has 0 aliphatic rings. The van der Waals surface area contributed by atoms with E-state index in [-0.39, 0.29) is 0 Å². The molecule has 0 amide bonds. The van der Waals surface area contributed by atoms with E-state index in [9.17, 15) is 65.4 Å². The van der Waals surface area contributed by atoms with Crippen LogP contribution in [0.1, 0.15) is 0 Å². The first-order valence-electron chi connectivity index (χ1n) is 5.00. The van der Waals surface area contributed by atoms with Crippen molar-refractivity contribution < 1.29 is 83.2 Å². The summed E-state index contributed by atoms with van der Waals surface area (Å²) < 4.78 is 199. The van der Waals surface area contributed by atoms with E-state index in [1.54, 1.807) is 0 Å². The summed E-state index contributed by atoms with van der Waals surface area (Å²) in [5.74, 6) is -7.34. The van der Waals surface area contributed by atoms with Crippen molar-refractivity contribution >= 4 is 11.1 Å². The van der Waals surface area contributed by atoms with E-state index >= 15 is 0 Å². The van der Waals surface area contributed by atoms with Gasteiger partial charge < -0.3 is 4.74 Å². The summed E-state index contributed by atoms with van der Waals surface area (Å²) in [5, 5.41) is 0. The summed E-state index contributed by atoms with van der Waals surface area (Å²) in [6.07, 6.45) is -32.7. The van der Waals surface area contributed by atoms with Gasteiger partial charge in [0.2, 0.25) is 0 Å². The number of alkyl halides is 11. The highest BCUT2D eigenvalue weighted by Gasteiger charge is 2.81. The number of ether oxygens (including phenoxy) is 2. The van der Waals surface area contributed by atoms with Crippen LogP contribution in [-0.4, -0.2) is 38.8 Å². The summed E-state index contributed by atoms with van der Waals surface area (Å²) in [6, 6.07) is -3.87. The highest BCUT2D eigenvalue weighted by molar-refractivity contribution is 7.66. The SMILES string of the molecule is FC(F)=C(F)OC(F)(F)C(F)(OC(F)(F)C(F)(F)F)C(F)(F)F.O=[SH](=O)F. The van der Waals surface area contributed by atoms with E-state index in [0.29, 0.717) is 0 Å². The lowest BCUT2D eigenvalue weighted by Gasteiger charge is -2.35. The van der Waals surface area contributed by atoms with Crippen molar-refractivity contribution in [1.82, 2.24) is 0 Å². The van der Waals surface area contributed by atoms with Crippen LogP contribution in [0.5, 0.6) is 0 Å². The zero-order chi connectivity index (χ0) is 22.6. The van der Waals surface area contributed by atoms with Crippen LogP contribution >= 0.6 is 0 Å². The first-order valence-corrected chi connectivity index (χ1v) is 6.06. The highest BCUT2D eigenvalue weighted by Crippen LogP contribution is 2.52. The van der Waals surface area contributed by atoms with Crippen LogP contribution < -0.4 is 0 Å². The van der Waals surface area contributed by atoms with E-state index in [1.165, 1.54) is 4.74 Å². The molecule has 0 radical (unpaired) electrons. The molecule has 0 saturated carbocycles. The minimum atomic E-state index is -7.39. The Kier molecular flexibility index (Phi) is 8.80. The fraction of sp³-hybridized carbons (Fsp3) is 0.714. The second-order valence-corrected chi connectivity index (χ2v) is 4.00. The molecule has 0 fully saturated rings. The molecule has 0 saturated heterocycles. The summed E-state index contributed by atoms with van der Waals surface area (Å²) in [5.41, 5.74) is 0. The molecular weight excluding hydrogens is 465 g/mol. The molecular formula is C7HF15O4S. The van der Waals surface area contributed by atoms with E-state index in [1.807, 2.05) is 4.74 Å². The molecule has 0 aromatic rings. The van der Waals surface area contributed by atoms with Crippen molar-refractivity contribution in [3.05, 3.63) is 12.1 Å². The fourth-order valence-corrected chi connectivity index (χ4v) is 0.734. The smallest absolute Gasteiger partial charge is 0.398 e. The maximum atomic E-state index is 13.1. The molecule has 20 heteroatoms. The molecule has 0 heterocycles. The zero-order valence-corrected chi connectivity index (χ0v) is 12.1. The number of hydrogen-bond acceptors (Lipinski definition) is 4. The predicted octanol–water partition coefficient (Wildman–Crippen LogP) is 4.51. The zero-order valence-electron chi connectivity index (χ0n) is 11.2. The summed E-state index contributed by atoms with van der Waals surface area (Å²) in [7, 11) is 0. The van der Waals surface area contributed by atoms with Crippen LogP contribution in [-0.2, 0) is 20.6 Å². The number of halogens is 15. The maximum Gasteiger partial charge on any atom is 0.483 e. The Labute approximate surface area is 138 Å². The molecule has 4 nitrogen and oxygen atoms in total. The number of hydrogen-bond donors (Lipinski definition) is 1. The lowest BCUT2D eigenvalue weighted by molar-refractivity contribution is -0.526. The molecule has 0 aromatic carbocycles. The molecule has 0 rings (SSSR count). The van der Waals surface area contributed by atoms with Crippen molar-refractivity contribution in [3.8, 4) is 0 Å². The van der Waals surface area contributed by atoms with Gasteiger partial charge in [-0.1, -0.05) is 0 Å². The molecule has 164 valence electrons. The minimum Gasteiger partial charge on any atom is -0.398 e. The number of rotatable bonds is 5. The van der Waals surface area contributed by atoms with Gasteiger partial charge in [-0.15, -0.1) is 3.89 Å². The van der Waals surface area contributed by atoms with Crippen LogP contribution in [0, 0.1) is 0 Å². The van der Waals surface area contributed by atoms with Crippen LogP contribution in [0.25, 0.3) is 0 Å². The quantitative estimate of drug-likeness (QED) is 0.281. The van der Waals surface area contributed by atoms with Gasteiger partial charge >= 0.3 is 42.5 Å². The van der Waals surface area contributed by atoms with Crippen molar-refractivity contribution in [1.29, 1.82) is 0 Å². The monoisotopic (exact) mass is 466 g/mol. The second-order valence-electron chi connectivity index (χ2n) is 3.58. The average Bonchev–Trinajstić information content (AvgIpc) is 2.33. The predicted molar refractivity (Wildman–Crippen MR) is 49.8 cm³/mol. The van der Waals surface area contributed by atoms with Crippen molar-refractivity contribution in [2.45, 2.75) is 30.4 Å². The van der Waals surface area contributed by atoms with E-state index in [4.69, 9.17) is 8.42 Å². The van der Waals surface area contributed by atoms with Crippen LogP contribution in [0.2, 0.25) is 0 Å². The second kappa shape index (κ2) is 8.61. The molecule has 0 spiro atoms. The van der Waals surface area contributed by atoms with E-state index < -0.39 is 53.6 Å². The van der Waals surface area contributed by atoms with Crippen molar-refractivity contribution in [3.63, 3.8) is 0 Å². The van der Waals surface area contributed by atoms with Gasteiger partial charge in [-0.2, -0.15) is 69.9 Å². The van der Waals surface area contributed by atoms with Gasteiger partial charge in [0.25, 0.3) is 11.1 Å². The lowest BCUT2D eigenvalue weighted by Crippen LogP contribution is -2.62. The van der Waals surface area contributed by atoms with Gasteiger partial charge in [-0.05, 0) is 0 Å². The van der Waals surface area contributed by atoms with Gasteiger partial charge in [0.05, 0.1) is 0 Å². The largest absolute Gasteiger partial charge is 0.483 e. The van der Waals surface area contributed by atoms with E-state index in [2.05, 4.69) is 0 Å². The Morgan fingerprint density at radius 1 is 0.667 bits per heavy atom. The third-order valence-corrected chi connectivity index (χ3v) is 1.70. The molecule has 0 aliphatic carbocycles. The van der Waals surface area contributed by atoms with Crippen LogP contribution in [0.15, 0.2) is 12.1 Å². The van der Waals surface area contributed by atoms with Gasteiger partial charge in [-0.3, -0.25) is 4.74 Å². The third kappa shape index (κ3) is 7.50.